The second-order valence-corrected chi connectivity index (χ2v) is 4.06. The van der Waals surface area contributed by atoms with Crippen LogP contribution in [-0.4, -0.2) is 26.4 Å². The van der Waals surface area contributed by atoms with E-state index in [0.29, 0.717) is 5.69 Å². The number of H-pyrrole nitrogens is 2. The normalized spacial score (nSPS) is 10.4. The first kappa shape index (κ1) is 11.9. The third-order valence-corrected chi connectivity index (χ3v) is 2.62. The molecule has 4 N–H and O–H groups in total. The molecule has 3 rings (SSSR count). The van der Waals surface area contributed by atoms with Crippen LogP contribution >= 0.6 is 0 Å². The van der Waals surface area contributed by atoms with E-state index in [1.807, 2.05) is 6.07 Å². The number of anilines is 2. The zero-order valence-electron chi connectivity index (χ0n) is 10.2. The Balaban J connectivity index is 1.71. The Kier molecular flexibility index (Phi) is 2.88. The largest absolute Gasteiger partial charge is 0.324 e. The molecule has 0 aliphatic rings. The van der Waals surface area contributed by atoms with Crippen molar-refractivity contribution >= 4 is 28.4 Å². The summed E-state index contributed by atoms with van der Waals surface area (Å²) in [5, 5.41) is 18.7. The van der Waals surface area contributed by atoms with E-state index in [1.165, 1.54) is 12.1 Å². The van der Waals surface area contributed by atoms with Crippen molar-refractivity contribution < 1.29 is 4.79 Å². The number of aromatic amines is 2. The average Bonchev–Trinajstić information content (AvgIpc) is 2.89. The molecule has 8 heteroatoms. The minimum atomic E-state index is -0.455. The lowest BCUT2D eigenvalue weighted by Gasteiger charge is -2.06. The number of nitrogens with zero attached hydrogens (tertiary/aromatic N) is 2. The Bertz CT molecular complexity index is 801. The van der Waals surface area contributed by atoms with Gasteiger partial charge in [-0.2, -0.15) is 10.2 Å². The number of hydrogen-bond donors (Lipinski definition) is 4. The van der Waals surface area contributed by atoms with Crippen molar-refractivity contribution in [2.24, 2.45) is 0 Å². The number of benzene rings is 1. The molecule has 2 amide bonds. The topological polar surface area (TPSA) is 116 Å². The molecule has 0 saturated heterocycles. The smallest absolute Gasteiger partial charge is 0.308 e. The minimum Gasteiger partial charge on any atom is -0.308 e. The predicted octanol–water partition coefficient (Wildman–Crippen LogP) is 1.29. The maximum Gasteiger partial charge on any atom is 0.324 e. The van der Waals surface area contributed by atoms with Gasteiger partial charge in [-0.05, 0) is 24.3 Å². The summed E-state index contributed by atoms with van der Waals surface area (Å²) in [4.78, 5) is 22.6. The number of hydrogen-bond acceptors (Lipinski definition) is 4. The van der Waals surface area contributed by atoms with Crippen LogP contribution < -0.4 is 16.2 Å². The summed E-state index contributed by atoms with van der Waals surface area (Å²) in [6.07, 6.45) is 1.70. The number of carbonyl (C=O) groups excluding carboxylic acids is 1. The predicted molar refractivity (Wildman–Crippen MR) is 73.6 cm³/mol. The summed E-state index contributed by atoms with van der Waals surface area (Å²) in [6.45, 7) is 0. The van der Waals surface area contributed by atoms with Gasteiger partial charge in [0.15, 0.2) is 5.82 Å². The van der Waals surface area contributed by atoms with E-state index < -0.39 is 6.03 Å². The van der Waals surface area contributed by atoms with E-state index in [4.69, 9.17) is 0 Å². The molecule has 1 aromatic carbocycles. The monoisotopic (exact) mass is 270 g/mol. The van der Waals surface area contributed by atoms with Gasteiger partial charge in [0.25, 0.3) is 5.56 Å². The summed E-state index contributed by atoms with van der Waals surface area (Å²) in [7, 11) is 0. The van der Waals surface area contributed by atoms with Crippen molar-refractivity contribution in [3.63, 3.8) is 0 Å². The van der Waals surface area contributed by atoms with Gasteiger partial charge in [0, 0.05) is 17.1 Å². The number of rotatable bonds is 2. The van der Waals surface area contributed by atoms with Crippen LogP contribution in [0.1, 0.15) is 0 Å². The van der Waals surface area contributed by atoms with Crippen LogP contribution in [-0.2, 0) is 0 Å². The quantitative estimate of drug-likeness (QED) is 0.561. The van der Waals surface area contributed by atoms with E-state index in [-0.39, 0.29) is 11.4 Å². The molecule has 2 aromatic heterocycles. The first-order chi connectivity index (χ1) is 9.70. The lowest BCUT2D eigenvalue weighted by Crippen LogP contribution is -2.21. The van der Waals surface area contributed by atoms with Crippen molar-refractivity contribution in [3.05, 3.63) is 46.9 Å². The van der Waals surface area contributed by atoms with E-state index in [9.17, 15) is 9.59 Å². The van der Waals surface area contributed by atoms with Crippen molar-refractivity contribution in [2.75, 3.05) is 10.6 Å². The molecular weight excluding hydrogens is 260 g/mol. The molecule has 0 bridgehead atoms. The number of fused-ring (bicyclic) bond motifs is 1. The number of amides is 2. The third kappa shape index (κ3) is 2.48. The van der Waals surface area contributed by atoms with E-state index in [2.05, 4.69) is 31.0 Å². The second kappa shape index (κ2) is 4.84. The Hall–Kier alpha value is -3.16. The van der Waals surface area contributed by atoms with Gasteiger partial charge < -0.3 is 5.32 Å². The van der Waals surface area contributed by atoms with Gasteiger partial charge in [-0.15, -0.1) is 0 Å². The summed E-state index contributed by atoms with van der Waals surface area (Å²) >= 11 is 0. The summed E-state index contributed by atoms with van der Waals surface area (Å²) < 4.78 is 0. The standard InChI is InChI=1S/C12H10N6O2/c19-11-4-3-10(17-18-11)15-12(20)14-8-2-1-7-6-13-16-9(7)5-8/h1-6H,(H,13,16)(H,18,19)(H2,14,15,17,20). The van der Waals surface area contributed by atoms with Crippen LogP contribution in [0.2, 0.25) is 0 Å². The number of carbonyl (C=O) groups is 1. The first-order valence-electron chi connectivity index (χ1n) is 5.77. The maximum absolute atomic E-state index is 11.8. The average molecular weight is 270 g/mol. The van der Waals surface area contributed by atoms with Crippen molar-refractivity contribution in [3.8, 4) is 0 Å². The molecule has 2 heterocycles. The zero-order chi connectivity index (χ0) is 13.9. The zero-order valence-corrected chi connectivity index (χ0v) is 10.2. The van der Waals surface area contributed by atoms with Gasteiger partial charge in [0.1, 0.15) is 0 Å². The van der Waals surface area contributed by atoms with Crippen LogP contribution in [0.5, 0.6) is 0 Å². The van der Waals surface area contributed by atoms with Gasteiger partial charge in [-0.25, -0.2) is 9.89 Å². The highest BCUT2D eigenvalue weighted by molar-refractivity contribution is 6.00. The summed E-state index contributed by atoms with van der Waals surface area (Å²) in [5.74, 6) is 0.254. The number of nitrogens with one attached hydrogen (secondary N) is 4. The highest BCUT2D eigenvalue weighted by Crippen LogP contribution is 2.16. The Morgan fingerprint density at radius 2 is 2.00 bits per heavy atom. The van der Waals surface area contributed by atoms with Gasteiger partial charge in [-0.3, -0.25) is 15.2 Å². The molecule has 0 saturated carbocycles. The maximum atomic E-state index is 11.8. The number of aromatic nitrogens is 4. The van der Waals surface area contributed by atoms with Crippen molar-refractivity contribution in [1.29, 1.82) is 0 Å². The molecule has 0 aliphatic heterocycles. The molecule has 0 radical (unpaired) electrons. The second-order valence-electron chi connectivity index (χ2n) is 4.06. The van der Waals surface area contributed by atoms with Crippen molar-refractivity contribution in [1.82, 2.24) is 20.4 Å². The lowest BCUT2D eigenvalue weighted by atomic mass is 10.2. The molecule has 0 aliphatic carbocycles. The Morgan fingerprint density at radius 3 is 2.80 bits per heavy atom. The molecule has 0 fully saturated rings. The minimum absolute atomic E-state index is 0.254. The molecular formula is C12H10N6O2. The molecule has 3 aromatic rings. The molecule has 20 heavy (non-hydrogen) atoms. The fraction of sp³-hybridized carbons (Fsp3) is 0. The van der Waals surface area contributed by atoms with E-state index in [0.717, 1.165) is 10.9 Å². The Morgan fingerprint density at radius 1 is 1.10 bits per heavy atom. The molecule has 100 valence electrons. The van der Waals surface area contributed by atoms with E-state index in [1.54, 1.807) is 18.3 Å². The summed E-state index contributed by atoms with van der Waals surface area (Å²) in [5.41, 5.74) is 1.11. The van der Waals surface area contributed by atoms with Gasteiger partial charge in [0.2, 0.25) is 0 Å². The molecule has 0 unspecified atom stereocenters. The molecule has 8 nitrogen and oxygen atoms in total. The van der Waals surface area contributed by atoms with E-state index >= 15 is 0 Å². The molecule has 0 spiro atoms. The lowest BCUT2D eigenvalue weighted by molar-refractivity contribution is 0.262. The van der Waals surface area contributed by atoms with Crippen LogP contribution in [0.15, 0.2) is 41.3 Å². The van der Waals surface area contributed by atoms with Crippen LogP contribution in [0.3, 0.4) is 0 Å². The number of urea groups is 1. The molecule has 0 atom stereocenters. The summed E-state index contributed by atoms with van der Waals surface area (Å²) in [6, 6.07) is 7.60. The van der Waals surface area contributed by atoms with Gasteiger partial charge in [-0.1, -0.05) is 0 Å². The SMILES string of the molecule is O=C(Nc1ccc2cn[nH]c2c1)Nc1ccc(=O)[nH]n1. The fourth-order valence-corrected chi connectivity index (χ4v) is 1.71. The first-order valence-corrected chi connectivity index (χ1v) is 5.77. The van der Waals surface area contributed by atoms with Crippen LogP contribution in [0, 0.1) is 0 Å². The van der Waals surface area contributed by atoms with Crippen LogP contribution in [0.4, 0.5) is 16.3 Å². The van der Waals surface area contributed by atoms with Crippen LogP contribution in [0.25, 0.3) is 10.9 Å². The Labute approximate surface area is 112 Å². The fourth-order valence-electron chi connectivity index (χ4n) is 1.71. The van der Waals surface area contributed by atoms with Crippen molar-refractivity contribution in [2.45, 2.75) is 0 Å². The van der Waals surface area contributed by atoms with Gasteiger partial charge >= 0.3 is 6.03 Å². The highest BCUT2D eigenvalue weighted by atomic mass is 16.2. The third-order valence-electron chi connectivity index (χ3n) is 2.62. The highest BCUT2D eigenvalue weighted by Gasteiger charge is 2.05. The van der Waals surface area contributed by atoms with Gasteiger partial charge in [0.05, 0.1) is 11.7 Å².